The minimum absolute atomic E-state index is 0.506. The molecule has 0 aliphatic carbocycles. The standard InChI is InChI=1S/C9H15ClN2OS/c1-3-14-5-4-8(13)9-7(10)6-11-12(9)2/h6,8,13H,3-5H2,1-2H3. The van der Waals surface area contributed by atoms with E-state index in [4.69, 9.17) is 11.6 Å². The topological polar surface area (TPSA) is 38.1 Å². The Hall–Kier alpha value is -0.190. The summed E-state index contributed by atoms with van der Waals surface area (Å²) in [6.07, 6.45) is 1.78. The number of hydrogen-bond acceptors (Lipinski definition) is 3. The van der Waals surface area contributed by atoms with Crippen molar-refractivity contribution in [3.8, 4) is 0 Å². The summed E-state index contributed by atoms with van der Waals surface area (Å²) in [5.74, 6) is 2.02. The molecule has 5 heteroatoms. The van der Waals surface area contributed by atoms with Gasteiger partial charge >= 0.3 is 0 Å². The lowest BCUT2D eigenvalue weighted by molar-refractivity contribution is 0.165. The summed E-state index contributed by atoms with van der Waals surface area (Å²) >= 11 is 7.72. The molecule has 0 fully saturated rings. The second-order valence-corrected chi connectivity index (χ2v) is 4.80. The first-order chi connectivity index (χ1) is 6.66. The van der Waals surface area contributed by atoms with Crippen molar-refractivity contribution < 1.29 is 5.11 Å². The van der Waals surface area contributed by atoms with Crippen molar-refractivity contribution in [3.05, 3.63) is 16.9 Å². The van der Waals surface area contributed by atoms with Crippen molar-refractivity contribution in [2.45, 2.75) is 19.4 Å². The Morgan fingerprint density at radius 2 is 2.43 bits per heavy atom. The van der Waals surface area contributed by atoms with E-state index in [1.54, 1.807) is 17.9 Å². The maximum Gasteiger partial charge on any atom is 0.0979 e. The van der Waals surface area contributed by atoms with Gasteiger partial charge in [0.2, 0.25) is 0 Å². The molecule has 0 aliphatic rings. The van der Waals surface area contributed by atoms with Crippen LogP contribution in [0.25, 0.3) is 0 Å². The van der Waals surface area contributed by atoms with Crippen LogP contribution in [0.4, 0.5) is 0 Å². The zero-order valence-corrected chi connectivity index (χ0v) is 9.98. The Kier molecular flexibility index (Phi) is 4.78. The Balaban J connectivity index is 2.55. The number of thioether (sulfide) groups is 1. The zero-order valence-electron chi connectivity index (χ0n) is 8.40. The number of hydrogen-bond donors (Lipinski definition) is 1. The molecule has 1 N–H and O–H groups in total. The summed E-state index contributed by atoms with van der Waals surface area (Å²) in [7, 11) is 1.79. The zero-order chi connectivity index (χ0) is 10.6. The van der Waals surface area contributed by atoms with Crippen molar-refractivity contribution in [1.29, 1.82) is 0 Å². The molecule has 1 aromatic heterocycles. The van der Waals surface area contributed by atoms with Gasteiger partial charge in [0.15, 0.2) is 0 Å². The highest BCUT2D eigenvalue weighted by molar-refractivity contribution is 7.99. The number of aryl methyl sites for hydroxylation is 1. The lowest BCUT2D eigenvalue weighted by Gasteiger charge is -2.10. The quantitative estimate of drug-likeness (QED) is 0.795. The summed E-state index contributed by atoms with van der Waals surface area (Å²) < 4.78 is 1.63. The van der Waals surface area contributed by atoms with E-state index >= 15 is 0 Å². The Morgan fingerprint density at radius 1 is 1.71 bits per heavy atom. The largest absolute Gasteiger partial charge is 0.387 e. The van der Waals surface area contributed by atoms with Crippen LogP contribution in [0.3, 0.4) is 0 Å². The van der Waals surface area contributed by atoms with Crippen LogP contribution in [-0.2, 0) is 7.05 Å². The van der Waals surface area contributed by atoms with Crippen LogP contribution in [-0.4, -0.2) is 26.4 Å². The lowest BCUT2D eigenvalue weighted by atomic mass is 10.2. The molecule has 80 valence electrons. The van der Waals surface area contributed by atoms with E-state index in [9.17, 15) is 5.11 Å². The summed E-state index contributed by atoms with van der Waals surface area (Å²) in [6.45, 7) is 2.11. The number of halogens is 1. The van der Waals surface area contributed by atoms with Crippen LogP contribution in [0, 0.1) is 0 Å². The highest BCUT2D eigenvalue weighted by Gasteiger charge is 2.15. The van der Waals surface area contributed by atoms with E-state index in [1.807, 2.05) is 11.8 Å². The first-order valence-electron chi connectivity index (χ1n) is 4.60. The highest BCUT2D eigenvalue weighted by Crippen LogP contribution is 2.25. The third-order valence-electron chi connectivity index (χ3n) is 1.99. The summed E-state index contributed by atoms with van der Waals surface area (Å²) in [4.78, 5) is 0. The number of aromatic nitrogens is 2. The molecule has 1 heterocycles. The SMILES string of the molecule is CCSCCC(O)c1c(Cl)cnn1C. The van der Waals surface area contributed by atoms with Gasteiger partial charge < -0.3 is 5.11 Å². The van der Waals surface area contributed by atoms with E-state index in [1.165, 1.54) is 0 Å². The molecule has 14 heavy (non-hydrogen) atoms. The van der Waals surface area contributed by atoms with Gasteiger partial charge in [-0.05, 0) is 17.9 Å². The molecule has 0 saturated carbocycles. The fourth-order valence-electron chi connectivity index (χ4n) is 1.27. The summed E-state index contributed by atoms with van der Waals surface area (Å²) in [5, 5.41) is 14.4. The predicted molar refractivity (Wildman–Crippen MR) is 60.8 cm³/mol. The fourth-order valence-corrected chi connectivity index (χ4v) is 2.24. The van der Waals surface area contributed by atoms with E-state index in [2.05, 4.69) is 12.0 Å². The molecule has 0 radical (unpaired) electrons. The second-order valence-electron chi connectivity index (χ2n) is 3.00. The Morgan fingerprint density at radius 3 is 2.93 bits per heavy atom. The van der Waals surface area contributed by atoms with Crippen LogP contribution in [0.2, 0.25) is 5.02 Å². The monoisotopic (exact) mass is 234 g/mol. The smallest absolute Gasteiger partial charge is 0.0979 e. The first-order valence-corrected chi connectivity index (χ1v) is 6.13. The maximum absolute atomic E-state index is 9.84. The lowest BCUT2D eigenvalue weighted by Crippen LogP contribution is -2.06. The third kappa shape index (κ3) is 2.90. The van der Waals surface area contributed by atoms with Crippen LogP contribution in [0.5, 0.6) is 0 Å². The van der Waals surface area contributed by atoms with E-state index in [0.29, 0.717) is 10.7 Å². The van der Waals surface area contributed by atoms with Crippen molar-refractivity contribution >= 4 is 23.4 Å². The molecule has 1 rings (SSSR count). The summed E-state index contributed by atoms with van der Waals surface area (Å²) in [5.41, 5.74) is 0.711. The number of aliphatic hydroxyl groups is 1. The molecule has 0 spiro atoms. The number of nitrogens with zero attached hydrogens (tertiary/aromatic N) is 2. The molecule has 1 aromatic rings. The maximum atomic E-state index is 9.84. The molecular weight excluding hydrogens is 220 g/mol. The van der Waals surface area contributed by atoms with Crippen molar-refractivity contribution in [3.63, 3.8) is 0 Å². The molecular formula is C9H15ClN2OS. The third-order valence-corrected chi connectivity index (χ3v) is 3.22. The first kappa shape index (κ1) is 11.9. The van der Waals surface area contributed by atoms with Crippen LogP contribution in [0.15, 0.2) is 6.20 Å². The average molecular weight is 235 g/mol. The van der Waals surface area contributed by atoms with Gasteiger partial charge in [-0.3, -0.25) is 4.68 Å². The van der Waals surface area contributed by atoms with Gasteiger partial charge in [0.25, 0.3) is 0 Å². The number of rotatable bonds is 5. The van der Waals surface area contributed by atoms with Gasteiger partial charge in [-0.1, -0.05) is 18.5 Å². The van der Waals surface area contributed by atoms with Gasteiger partial charge in [0.05, 0.1) is 23.0 Å². The molecule has 0 aliphatic heterocycles. The van der Waals surface area contributed by atoms with E-state index < -0.39 is 6.10 Å². The van der Waals surface area contributed by atoms with Gasteiger partial charge in [-0.15, -0.1) is 0 Å². The normalized spacial score (nSPS) is 13.1. The molecule has 3 nitrogen and oxygen atoms in total. The Bertz CT molecular complexity index is 271. The van der Waals surface area contributed by atoms with Crippen molar-refractivity contribution in [1.82, 2.24) is 9.78 Å². The Labute approximate surface area is 93.4 Å². The molecule has 1 unspecified atom stereocenters. The fraction of sp³-hybridized carbons (Fsp3) is 0.667. The molecule has 0 amide bonds. The van der Waals surface area contributed by atoms with Gasteiger partial charge in [0, 0.05) is 7.05 Å². The summed E-state index contributed by atoms with van der Waals surface area (Å²) in [6, 6.07) is 0. The minimum Gasteiger partial charge on any atom is -0.387 e. The predicted octanol–water partition coefficient (Wildman–Crippen LogP) is 2.25. The molecule has 0 aromatic carbocycles. The van der Waals surface area contributed by atoms with E-state index in [-0.39, 0.29) is 0 Å². The van der Waals surface area contributed by atoms with Gasteiger partial charge in [-0.2, -0.15) is 16.9 Å². The van der Waals surface area contributed by atoms with Crippen molar-refractivity contribution in [2.24, 2.45) is 7.05 Å². The van der Waals surface area contributed by atoms with E-state index in [0.717, 1.165) is 17.9 Å². The van der Waals surface area contributed by atoms with Gasteiger partial charge in [-0.25, -0.2) is 0 Å². The molecule has 1 atom stereocenters. The minimum atomic E-state index is -0.506. The van der Waals surface area contributed by atoms with Gasteiger partial charge in [0.1, 0.15) is 0 Å². The second kappa shape index (κ2) is 5.63. The number of aliphatic hydroxyl groups excluding tert-OH is 1. The van der Waals surface area contributed by atoms with Crippen molar-refractivity contribution in [2.75, 3.05) is 11.5 Å². The average Bonchev–Trinajstić information content (AvgIpc) is 2.46. The molecule has 0 bridgehead atoms. The highest BCUT2D eigenvalue weighted by atomic mass is 35.5. The molecule has 0 saturated heterocycles. The van der Waals surface area contributed by atoms with Crippen LogP contribution in [0.1, 0.15) is 25.1 Å². The van der Waals surface area contributed by atoms with Crippen LogP contribution < -0.4 is 0 Å². The van der Waals surface area contributed by atoms with Crippen LogP contribution >= 0.6 is 23.4 Å².